The van der Waals surface area contributed by atoms with Gasteiger partial charge in [-0.05, 0) is 49.8 Å². The van der Waals surface area contributed by atoms with Crippen LogP contribution in [-0.2, 0) is 6.54 Å². The summed E-state index contributed by atoms with van der Waals surface area (Å²) in [4.78, 5) is 24.2. The maximum atomic E-state index is 12.7. The van der Waals surface area contributed by atoms with Gasteiger partial charge in [-0.25, -0.2) is 0 Å². The number of carbonyl (C=O) groups excluding carboxylic acids is 1. The lowest BCUT2D eigenvalue weighted by Crippen LogP contribution is -3.10. The summed E-state index contributed by atoms with van der Waals surface area (Å²) in [5, 5.41) is 21.0. The Bertz CT molecular complexity index is 915. The number of nitrogens with zero attached hydrogens (tertiary/aromatic N) is 1. The van der Waals surface area contributed by atoms with Crippen molar-refractivity contribution in [3.8, 4) is 11.5 Å². The number of non-ortho nitro benzene ring substituents is 1. The quantitative estimate of drug-likeness (QED) is 0.463. The predicted octanol–water partition coefficient (Wildman–Crippen LogP) is 2.34. The lowest BCUT2D eigenvalue weighted by molar-refractivity contribution is -0.910. The zero-order valence-electron chi connectivity index (χ0n) is 15.2. The maximum Gasteiger partial charge on any atom is 0.269 e. The second kappa shape index (κ2) is 7.59. The number of hydrogen-bond acceptors (Lipinski definition) is 5. The van der Waals surface area contributed by atoms with Gasteiger partial charge >= 0.3 is 0 Å². The van der Waals surface area contributed by atoms with Gasteiger partial charge in [0.15, 0.2) is 11.5 Å². The van der Waals surface area contributed by atoms with E-state index >= 15 is 0 Å². The lowest BCUT2D eigenvalue weighted by atomic mass is 10.0. The zero-order valence-corrected chi connectivity index (χ0v) is 15.2. The van der Waals surface area contributed by atoms with Crippen LogP contribution in [0.1, 0.15) is 35.3 Å². The normalized spacial score (nSPS) is 14.5. The molecule has 0 saturated heterocycles. The molecule has 0 aliphatic carbocycles. The molecule has 0 amide bonds. The molecule has 0 atom stereocenters. The number of quaternary nitrogens is 1. The van der Waals surface area contributed by atoms with Gasteiger partial charge in [-0.3, -0.25) is 14.9 Å². The number of nitrogens with one attached hydrogen (secondary N) is 1. The van der Waals surface area contributed by atoms with E-state index in [0.717, 1.165) is 13.1 Å². The molecule has 0 aromatic heterocycles. The van der Waals surface area contributed by atoms with Crippen molar-refractivity contribution in [2.45, 2.75) is 20.4 Å². The molecule has 0 saturated carbocycles. The Morgan fingerprint density at radius 3 is 2.41 bits per heavy atom. The third kappa shape index (κ3) is 3.68. The molecular formula is C20H21N2O5+. The molecule has 2 N–H and O–H groups in total. The van der Waals surface area contributed by atoms with Crippen LogP contribution in [0, 0.1) is 10.1 Å². The highest BCUT2D eigenvalue weighted by molar-refractivity contribution is 6.15. The molecule has 2 aromatic carbocycles. The Labute approximate surface area is 156 Å². The van der Waals surface area contributed by atoms with Crippen molar-refractivity contribution in [1.82, 2.24) is 0 Å². The monoisotopic (exact) mass is 369 g/mol. The first kappa shape index (κ1) is 18.6. The molecule has 2 aromatic rings. The predicted molar refractivity (Wildman–Crippen MR) is 99.9 cm³/mol. The Kier molecular flexibility index (Phi) is 5.23. The van der Waals surface area contributed by atoms with Crippen molar-refractivity contribution in [2.75, 3.05) is 13.1 Å². The van der Waals surface area contributed by atoms with E-state index in [9.17, 15) is 20.0 Å². The number of ketones is 1. The molecule has 1 heterocycles. The van der Waals surface area contributed by atoms with Crippen LogP contribution in [0.25, 0.3) is 6.08 Å². The minimum Gasteiger partial charge on any atom is -0.507 e. The second-order valence-corrected chi connectivity index (χ2v) is 6.36. The molecule has 0 unspecified atom stereocenters. The number of aromatic hydroxyl groups is 1. The Morgan fingerprint density at radius 1 is 1.15 bits per heavy atom. The first-order valence-corrected chi connectivity index (χ1v) is 8.81. The molecule has 0 spiro atoms. The molecule has 27 heavy (non-hydrogen) atoms. The maximum absolute atomic E-state index is 12.7. The minimum absolute atomic E-state index is 0.0199. The minimum atomic E-state index is -0.478. The van der Waals surface area contributed by atoms with Crippen LogP contribution in [0.5, 0.6) is 11.5 Å². The Balaban J connectivity index is 1.93. The van der Waals surface area contributed by atoms with Crippen LogP contribution in [0.3, 0.4) is 0 Å². The molecule has 1 aliphatic rings. The summed E-state index contributed by atoms with van der Waals surface area (Å²) < 4.78 is 5.81. The number of benzene rings is 2. The summed E-state index contributed by atoms with van der Waals surface area (Å²) in [6.45, 7) is 6.45. The third-order valence-corrected chi connectivity index (χ3v) is 4.74. The van der Waals surface area contributed by atoms with Gasteiger partial charge in [-0.2, -0.15) is 0 Å². The standard InChI is InChI=1S/C20H20N2O5/c1-3-21(4-2)12-16-17(23)10-9-15-19(24)18(27-20(15)16)11-13-5-7-14(8-6-13)22(25)26/h5-11,23H,3-4,12H2,1-2H3/p+1/b18-11+. The van der Waals surface area contributed by atoms with E-state index in [1.807, 2.05) is 0 Å². The van der Waals surface area contributed by atoms with Crippen LogP contribution in [0.15, 0.2) is 42.2 Å². The fourth-order valence-electron chi connectivity index (χ4n) is 3.06. The summed E-state index contributed by atoms with van der Waals surface area (Å²) in [7, 11) is 0. The van der Waals surface area contributed by atoms with Crippen LogP contribution < -0.4 is 9.64 Å². The summed E-state index contributed by atoms with van der Waals surface area (Å²) in [6.07, 6.45) is 1.55. The van der Waals surface area contributed by atoms with Crippen LogP contribution in [0.4, 0.5) is 5.69 Å². The molecule has 140 valence electrons. The van der Waals surface area contributed by atoms with E-state index < -0.39 is 4.92 Å². The van der Waals surface area contributed by atoms with Crippen molar-refractivity contribution in [3.05, 3.63) is 69.0 Å². The molecule has 1 aliphatic heterocycles. The smallest absolute Gasteiger partial charge is 0.269 e. The van der Waals surface area contributed by atoms with E-state index in [-0.39, 0.29) is 23.0 Å². The highest BCUT2D eigenvalue weighted by atomic mass is 16.6. The second-order valence-electron chi connectivity index (χ2n) is 6.36. The lowest BCUT2D eigenvalue weighted by Gasteiger charge is -2.17. The van der Waals surface area contributed by atoms with Crippen LogP contribution >= 0.6 is 0 Å². The summed E-state index contributed by atoms with van der Waals surface area (Å²) in [5.74, 6) is 0.379. The molecule has 0 bridgehead atoms. The number of phenols is 1. The summed E-state index contributed by atoms with van der Waals surface area (Å²) in [6, 6.07) is 8.95. The Hall–Kier alpha value is -3.19. The third-order valence-electron chi connectivity index (χ3n) is 4.74. The molecule has 3 rings (SSSR count). The van der Waals surface area contributed by atoms with Crippen LogP contribution in [0.2, 0.25) is 0 Å². The van der Waals surface area contributed by atoms with Gasteiger partial charge in [-0.1, -0.05) is 0 Å². The number of carbonyl (C=O) groups is 1. The van der Waals surface area contributed by atoms with Crippen molar-refractivity contribution in [1.29, 1.82) is 0 Å². The number of nitro groups is 1. The van der Waals surface area contributed by atoms with Gasteiger partial charge in [0.1, 0.15) is 12.3 Å². The van der Waals surface area contributed by atoms with E-state index in [1.54, 1.807) is 24.3 Å². The molecule has 0 radical (unpaired) electrons. The number of allylic oxidation sites excluding steroid dienone is 1. The van der Waals surface area contributed by atoms with Crippen molar-refractivity contribution in [2.24, 2.45) is 0 Å². The fourth-order valence-corrected chi connectivity index (χ4v) is 3.06. The number of Topliss-reactive ketones (excluding diaryl/α,β-unsaturated/α-hetero) is 1. The molecular weight excluding hydrogens is 348 g/mol. The topological polar surface area (TPSA) is 94.1 Å². The first-order chi connectivity index (χ1) is 12.9. The number of phenolic OH excluding ortho intramolecular Hbond substituents is 1. The van der Waals surface area contributed by atoms with Gasteiger partial charge < -0.3 is 14.7 Å². The van der Waals surface area contributed by atoms with Gasteiger partial charge in [0, 0.05) is 12.1 Å². The summed E-state index contributed by atoms with van der Waals surface area (Å²) in [5.41, 5.74) is 1.64. The first-order valence-electron chi connectivity index (χ1n) is 8.81. The highest BCUT2D eigenvalue weighted by Gasteiger charge is 2.32. The highest BCUT2D eigenvalue weighted by Crippen LogP contribution is 2.39. The van der Waals surface area contributed by atoms with Crippen molar-refractivity contribution >= 4 is 17.5 Å². The average Bonchev–Trinajstić information content (AvgIpc) is 2.97. The zero-order chi connectivity index (χ0) is 19.6. The van der Waals surface area contributed by atoms with E-state index in [4.69, 9.17) is 4.74 Å². The van der Waals surface area contributed by atoms with Gasteiger partial charge in [-0.15, -0.1) is 0 Å². The van der Waals surface area contributed by atoms with Crippen molar-refractivity contribution < 1.29 is 24.5 Å². The average molecular weight is 369 g/mol. The number of fused-ring (bicyclic) bond motifs is 1. The van der Waals surface area contributed by atoms with Crippen molar-refractivity contribution in [3.63, 3.8) is 0 Å². The van der Waals surface area contributed by atoms with Gasteiger partial charge in [0.2, 0.25) is 5.78 Å². The van der Waals surface area contributed by atoms with E-state index in [2.05, 4.69) is 13.8 Å². The molecule has 0 fully saturated rings. The molecule has 7 nitrogen and oxygen atoms in total. The van der Waals surface area contributed by atoms with Crippen LogP contribution in [-0.4, -0.2) is 28.9 Å². The number of ether oxygens (including phenoxy) is 1. The fraction of sp³-hybridized carbons (Fsp3) is 0.250. The number of hydrogen-bond donors (Lipinski definition) is 2. The SMILES string of the molecule is CC[NH+](CC)Cc1c(O)ccc2c1O/C(=C/c1ccc([N+](=O)[O-])cc1)C2=O. The van der Waals surface area contributed by atoms with E-state index in [1.165, 1.54) is 23.1 Å². The van der Waals surface area contributed by atoms with E-state index in [0.29, 0.717) is 29.0 Å². The number of rotatable bonds is 6. The van der Waals surface area contributed by atoms with Gasteiger partial charge in [0.25, 0.3) is 5.69 Å². The number of nitro benzene ring substituents is 1. The summed E-state index contributed by atoms with van der Waals surface area (Å²) >= 11 is 0. The largest absolute Gasteiger partial charge is 0.507 e. The molecule has 7 heteroatoms. The Morgan fingerprint density at radius 2 is 1.81 bits per heavy atom. The van der Waals surface area contributed by atoms with Gasteiger partial charge in [0.05, 0.1) is 29.1 Å².